The Morgan fingerprint density at radius 2 is 1.68 bits per heavy atom. The predicted molar refractivity (Wildman–Crippen MR) is 83.8 cm³/mol. The van der Waals surface area contributed by atoms with Crippen LogP contribution in [-0.2, 0) is 5.54 Å². The molecule has 0 aliphatic heterocycles. The van der Waals surface area contributed by atoms with Gasteiger partial charge in [-0.1, -0.05) is 13.8 Å². The first-order chi connectivity index (χ1) is 8.74. The van der Waals surface area contributed by atoms with Crippen LogP contribution in [0.1, 0.15) is 69.0 Å². The van der Waals surface area contributed by atoms with Gasteiger partial charge in [-0.15, -0.1) is 11.3 Å². The molecule has 0 saturated heterocycles. The van der Waals surface area contributed by atoms with Gasteiger partial charge in [0.2, 0.25) is 0 Å². The highest BCUT2D eigenvalue weighted by Crippen LogP contribution is 2.46. The van der Waals surface area contributed by atoms with Crippen LogP contribution in [0.5, 0.6) is 0 Å². The van der Waals surface area contributed by atoms with E-state index in [4.69, 9.17) is 4.98 Å². The second-order valence-corrected chi connectivity index (χ2v) is 8.41. The Bertz CT molecular complexity index is 416. The summed E-state index contributed by atoms with van der Waals surface area (Å²) >= 11 is 1.89. The number of thiazole rings is 1. The van der Waals surface area contributed by atoms with Crippen LogP contribution in [0, 0.1) is 19.3 Å². The number of aryl methyl sites for hydroxylation is 2. The summed E-state index contributed by atoms with van der Waals surface area (Å²) in [4.78, 5) is 6.23. The fraction of sp³-hybridized carbons (Fsp3) is 0.812. The maximum atomic E-state index is 4.86. The normalized spacial score (nSPS) is 21.8. The highest BCUT2D eigenvalue weighted by atomic mass is 32.1. The monoisotopic (exact) mass is 280 g/mol. The SMILES string of the molecule is Cc1nc(C2(NC(C)C)CCC(C)(C)CC2)sc1C. The summed E-state index contributed by atoms with van der Waals surface area (Å²) < 4.78 is 0. The lowest BCUT2D eigenvalue weighted by Crippen LogP contribution is -2.49. The van der Waals surface area contributed by atoms with Crippen molar-refractivity contribution in [3.63, 3.8) is 0 Å². The van der Waals surface area contributed by atoms with Crippen molar-refractivity contribution in [1.82, 2.24) is 10.3 Å². The van der Waals surface area contributed by atoms with E-state index in [1.165, 1.54) is 41.3 Å². The summed E-state index contributed by atoms with van der Waals surface area (Å²) in [6.07, 6.45) is 4.99. The quantitative estimate of drug-likeness (QED) is 0.878. The topological polar surface area (TPSA) is 24.9 Å². The molecule has 0 atom stereocenters. The lowest BCUT2D eigenvalue weighted by atomic mass is 9.69. The fourth-order valence-electron chi connectivity index (χ4n) is 3.00. The molecule has 0 spiro atoms. The number of rotatable bonds is 3. The molecule has 1 heterocycles. The maximum absolute atomic E-state index is 4.86. The van der Waals surface area contributed by atoms with Crippen LogP contribution in [0.2, 0.25) is 0 Å². The van der Waals surface area contributed by atoms with E-state index in [1.54, 1.807) is 0 Å². The predicted octanol–water partition coefficient (Wildman–Crippen LogP) is 4.55. The molecule has 1 fully saturated rings. The Kier molecular flexibility index (Phi) is 4.08. The first-order valence-corrected chi connectivity index (χ1v) is 8.28. The zero-order valence-electron chi connectivity index (χ0n) is 13.3. The van der Waals surface area contributed by atoms with E-state index in [9.17, 15) is 0 Å². The van der Waals surface area contributed by atoms with Crippen LogP contribution in [0.3, 0.4) is 0 Å². The average Bonchev–Trinajstić information content (AvgIpc) is 2.63. The molecule has 1 N–H and O–H groups in total. The molecule has 1 aliphatic carbocycles. The van der Waals surface area contributed by atoms with Crippen LogP contribution in [0.15, 0.2) is 0 Å². The van der Waals surface area contributed by atoms with Gasteiger partial charge in [-0.25, -0.2) is 4.98 Å². The van der Waals surface area contributed by atoms with E-state index >= 15 is 0 Å². The van der Waals surface area contributed by atoms with Crippen molar-refractivity contribution in [2.24, 2.45) is 5.41 Å². The van der Waals surface area contributed by atoms with Crippen LogP contribution < -0.4 is 5.32 Å². The van der Waals surface area contributed by atoms with Gasteiger partial charge in [0.15, 0.2) is 0 Å². The minimum Gasteiger partial charge on any atom is -0.303 e. The molecule has 0 radical (unpaired) electrons. The standard InChI is InChI=1S/C16H28N2S/c1-11(2)18-16(9-7-15(5,6)8-10-16)14-17-12(3)13(4)19-14/h11,18H,7-10H2,1-6H3. The first-order valence-electron chi connectivity index (χ1n) is 7.46. The zero-order valence-corrected chi connectivity index (χ0v) is 14.1. The van der Waals surface area contributed by atoms with E-state index in [2.05, 4.69) is 46.9 Å². The number of hydrogen-bond donors (Lipinski definition) is 1. The summed E-state index contributed by atoms with van der Waals surface area (Å²) in [6, 6.07) is 0.505. The molecule has 0 aromatic carbocycles. The van der Waals surface area contributed by atoms with Crippen molar-refractivity contribution in [2.75, 3.05) is 0 Å². The van der Waals surface area contributed by atoms with Crippen LogP contribution in [-0.4, -0.2) is 11.0 Å². The number of nitrogens with zero attached hydrogens (tertiary/aromatic N) is 1. The number of hydrogen-bond acceptors (Lipinski definition) is 3. The zero-order chi connectivity index (χ0) is 14.3. The highest BCUT2D eigenvalue weighted by molar-refractivity contribution is 7.11. The molecule has 3 heteroatoms. The summed E-state index contributed by atoms with van der Waals surface area (Å²) in [5.74, 6) is 0. The largest absolute Gasteiger partial charge is 0.303 e. The lowest BCUT2D eigenvalue weighted by Gasteiger charge is -2.44. The molecule has 1 aliphatic rings. The van der Waals surface area contributed by atoms with Gasteiger partial charge in [0, 0.05) is 10.9 Å². The van der Waals surface area contributed by atoms with Crippen LogP contribution >= 0.6 is 11.3 Å². The number of aromatic nitrogens is 1. The van der Waals surface area contributed by atoms with E-state index in [0.717, 1.165) is 0 Å². The van der Waals surface area contributed by atoms with Gasteiger partial charge in [0.25, 0.3) is 0 Å². The third-order valence-electron chi connectivity index (χ3n) is 4.46. The summed E-state index contributed by atoms with van der Waals surface area (Å²) in [5.41, 5.74) is 1.81. The lowest BCUT2D eigenvalue weighted by molar-refractivity contribution is 0.126. The van der Waals surface area contributed by atoms with Gasteiger partial charge < -0.3 is 5.32 Å². The second kappa shape index (κ2) is 5.17. The summed E-state index contributed by atoms with van der Waals surface area (Å²) in [5, 5.41) is 5.15. The van der Waals surface area contributed by atoms with Gasteiger partial charge in [-0.05, 0) is 58.8 Å². The Morgan fingerprint density at radius 3 is 2.11 bits per heavy atom. The van der Waals surface area contributed by atoms with Crippen LogP contribution in [0.25, 0.3) is 0 Å². The van der Waals surface area contributed by atoms with Gasteiger partial charge in [0.05, 0.1) is 11.2 Å². The Labute approximate surface area is 122 Å². The van der Waals surface area contributed by atoms with E-state index in [0.29, 0.717) is 11.5 Å². The van der Waals surface area contributed by atoms with Gasteiger partial charge in [0.1, 0.15) is 5.01 Å². The van der Waals surface area contributed by atoms with E-state index in [-0.39, 0.29) is 5.54 Å². The highest BCUT2D eigenvalue weighted by Gasteiger charge is 2.41. The minimum atomic E-state index is 0.118. The van der Waals surface area contributed by atoms with Crippen molar-refractivity contribution < 1.29 is 0 Å². The van der Waals surface area contributed by atoms with E-state index < -0.39 is 0 Å². The molecule has 108 valence electrons. The van der Waals surface area contributed by atoms with Crippen molar-refractivity contribution in [1.29, 1.82) is 0 Å². The Hall–Kier alpha value is -0.410. The third kappa shape index (κ3) is 3.19. The summed E-state index contributed by atoms with van der Waals surface area (Å²) in [7, 11) is 0. The first kappa shape index (κ1) is 15.0. The molecule has 19 heavy (non-hydrogen) atoms. The molecular formula is C16H28N2S. The fourth-order valence-corrected chi connectivity index (χ4v) is 4.13. The van der Waals surface area contributed by atoms with Gasteiger partial charge >= 0.3 is 0 Å². The van der Waals surface area contributed by atoms with Gasteiger partial charge in [-0.3, -0.25) is 0 Å². The van der Waals surface area contributed by atoms with E-state index in [1.807, 2.05) is 11.3 Å². The molecule has 1 aromatic heterocycles. The molecule has 1 aromatic rings. The van der Waals surface area contributed by atoms with Crippen molar-refractivity contribution in [2.45, 2.75) is 78.8 Å². The van der Waals surface area contributed by atoms with Crippen molar-refractivity contribution in [3.05, 3.63) is 15.6 Å². The van der Waals surface area contributed by atoms with Gasteiger partial charge in [-0.2, -0.15) is 0 Å². The maximum Gasteiger partial charge on any atom is 0.113 e. The third-order valence-corrected chi connectivity index (χ3v) is 5.74. The smallest absolute Gasteiger partial charge is 0.113 e. The molecule has 2 rings (SSSR count). The average molecular weight is 280 g/mol. The van der Waals surface area contributed by atoms with Crippen molar-refractivity contribution >= 4 is 11.3 Å². The molecule has 0 unspecified atom stereocenters. The molecule has 0 bridgehead atoms. The number of nitrogens with one attached hydrogen (secondary N) is 1. The Morgan fingerprint density at radius 1 is 1.11 bits per heavy atom. The molecule has 0 amide bonds. The Balaban J connectivity index is 2.31. The second-order valence-electron chi connectivity index (χ2n) is 7.21. The molecule has 1 saturated carbocycles. The molecular weight excluding hydrogens is 252 g/mol. The van der Waals surface area contributed by atoms with Crippen molar-refractivity contribution in [3.8, 4) is 0 Å². The summed E-state index contributed by atoms with van der Waals surface area (Å²) in [6.45, 7) is 13.6. The van der Waals surface area contributed by atoms with Crippen LogP contribution in [0.4, 0.5) is 0 Å². The minimum absolute atomic E-state index is 0.118. The molecule has 2 nitrogen and oxygen atoms in total.